The molecule has 0 aromatic carbocycles. The topological polar surface area (TPSA) is 72.5 Å². The maximum atomic E-state index is 12.3. The molecule has 1 saturated carbocycles. The van der Waals surface area contributed by atoms with Crippen LogP contribution in [-0.4, -0.2) is 26.7 Å². The van der Waals surface area contributed by atoms with Crippen molar-refractivity contribution in [3.05, 3.63) is 16.3 Å². The largest absolute Gasteiger partial charge is 0.465 e. The van der Waals surface area contributed by atoms with Gasteiger partial charge in [0.15, 0.2) is 0 Å². The Morgan fingerprint density at radius 3 is 2.68 bits per heavy atom. The molecule has 0 amide bonds. The van der Waals surface area contributed by atoms with E-state index in [1.165, 1.54) is 18.4 Å². The van der Waals surface area contributed by atoms with Crippen LogP contribution in [0.3, 0.4) is 0 Å². The summed E-state index contributed by atoms with van der Waals surface area (Å²) in [5.74, 6) is -0.517. The Labute approximate surface area is 117 Å². The number of carbonyl (C=O) groups excluding carboxylic acids is 1. The monoisotopic (exact) mass is 303 g/mol. The number of rotatable bonds is 4. The number of methoxy groups -OCH3 is 1. The molecule has 1 heterocycles. The number of esters is 1. The quantitative estimate of drug-likeness (QED) is 0.868. The molecular weight excluding hydrogens is 286 g/mol. The van der Waals surface area contributed by atoms with E-state index in [0.29, 0.717) is 23.4 Å². The van der Waals surface area contributed by atoms with Crippen LogP contribution in [0.15, 0.2) is 11.4 Å². The van der Waals surface area contributed by atoms with Crippen molar-refractivity contribution < 1.29 is 17.9 Å². The zero-order valence-electron chi connectivity index (χ0n) is 10.7. The maximum Gasteiger partial charge on any atom is 0.350 e. The predicted octanol–water partition coefficient (Wildman–Crippen LogP) is 2.61. The third-order valence-electron chi connectivity index (χ3n) is 3.28. The van der Waals surface area contributed by atoms with Crippen LogP contribution in [0, 0.1) is 0 Å². The van der Waals surface area contributed by atoms with Gasteiger partial charge >= 0.3 is 5.97 Å². The molecule has 106 valence electrons. The van der Waals surface area contributed by atoms with E-state index in [1.54, 1.807) is 11.4 Å². The van der Waals surface area contributed by atoms with Crippen molar-refractivity contribution in [3.8, 4) is 0 Å². The van der Waals surface area contributed by atoms with Crippen LogP contribution in [0.4, 0.5) is 5.69 Å². The number of carbonyl (C=O) groups is 1. The van der Waals surface area contributed by atoms with Crippen LogP contribution in [0.1, 0.15) is 41.8 Å². The minimum atomic E-state index is -3.42. The van der Waals surface area contributed by atoms with Gasteiger partial charge in [-0.25, -0.2) is 13.2 Å². The Bertz CT molecular complexity index is 544. The fourth-order valence-electron chi connectivity index (χ4n) is 2.25. The molecule has 1 fully saturated rings. The van der Waals surface area contributed by atoms with Gasteiger partial charge in [0.25, 0.3) is 0 Å². The van der Waals surface area contributed by atoms with Crippen LogP contribution in [0.25, 0.3) is 0 Å². The van der Waals surface area contributed by atoms with E-state index in [1.807, 2.05) is 0 Å². The van der Waals surface area contributed by atoms with Crippen molar-refractivity contribution in [2.45, 2.75) is 37.4 Å². The lowest BCUT2D eigenvalue weighted by Gasteiger charge is -2.22. The molecule has 7 heteroatoms. The fraction of sp³-hybridized carbons (Fsp3) is 0.583. The Kier molecular flexibility index (Phi) is 4.46. The summed E-state index contributed by atoms with van der Waals surface area (Å²) >= 11 is 1.17. The van der Waals surface area contributed by atoms with Gasteiger partial charge in [-0.05, 0) is 24.3 Å². The summed E-state index contributed by atoms with van der Waals surface area (Å²) in [6, 6.07) is 1.59. The Hall–Kier alpha value is -1.08. The van der Waals surface area contributed by atoms with E-state index in [-0.39, 0.29) is 5.25 Å². The molecule has 1 N–H and O–H groups in total. The van der Waals surface area contributed by atoms with Crippen molar-refractivity contribution in [3.63, 3.8) is 0 Å². The van der Waals surface area contributed by atoms with Crippen molar-refractivity contribution in [1.29, 1.82) is 0 Å². The minimum absolute atomic E-state index is 0.293. The number of sulfonamides is 1. The highest BCUT2D eigenvalue weighted by Gasteiger charge is 2.28. The predicted molar refractivity (Wildman–Crippen MR) is 75.1 cm³/mol. The molecule has 0 atom stereocenters. The lowest BCUT2D eigenvalue weighted by Crippen LogP contribution is -2.30. The van der Waals surface area contributed by atoms with Gasteiger partial charge in [-0.1, -0.05) is 19.3 Å². The first-order valence-electron chi connectivity index (χ1n) is 6.22. The summed E-state index contributed by atoms with van der Waals surface area (Å²) in [6.45, 7) is 0. The maximum absolute atomic E-state index is 12.3. The molecule has 0 radical (unpaired) electrons. The molecule has 1 aliphatic rings. The van der Waals surface area contributed by atoms with E-state index >= 15 is 0 Å². The number of hydrogen-bond donors (Lipinski definition) is 1. The first-order valence-corrected chi connectivity index (χ1v) is 8.64. The summed E-state index contributed by atoms with van der Waals surface area (Å²) in [5.41, 5.74) is 0.322. The van der Waals surface area contributed by atoms with E-state index in [9.17, 15) is 13.2 Å². The Morgan fingerprint density at radius 1 is 1.37 bits per heavy atom. The van der Waals surface area contributed by atoms with Crippen molar-refractivity contribution in [1.82, 2.24) is 0 Å². The SMILES string of the molecule is COC(=O)c1sccc1NS(=O)(=O)C1CCCCC1. The lowest BCUT2D eigenvalue weighted by molar-refractivity contribution is 0.0607. The molecular formula is C12H17NO4S2. The highest BCUT2D eigenvalue weighted by atomic mass is 32.2. The minimum Gasteiger partial charge on any atom is -0.465 e. The molecule has 1 aromatic rings. The number of thiophene rings is 1. The number of anilines is 1. The van der Waals surface area contributed by atoms with E-state index in [0.717, 1.165) is 19.3 Å². The van der Waals surface area contributed by atoms with Crippen molar-refractivity contribution in [2.75, 3.05) is 11.8 Å². The van der Waals surface area contributed by atoms with Crippen molar-refractivity contribution in [2.24, 2.45) is 0 Å². The summed E-state index contributed by atoms with van der Waals surface area (Å²) in [4.78, 5) is 11.8. The molecule has 19 heavy (non-hydrogen) atoms. The van der Waals surface area contributed by atoms with Crippen LogP contribution in [-0.2, 0) is 14.8 Å². The van der Waals surface area contributed by atoms with Gasteiger partial charge in [0.05, 0.1) is 18.0 Å². The molecule has 0 saturated heterocycles. The summed E-state index contributed by atoms with van der Waals surface area (Å²) in [5, 5.41) is 1.32. The van der Waals surface area contributed by atoms with E-state index in [2.05, 4.69) is 9.46 Å². The molecule has 2 rings (SSSR count). The Balaban J connectivity index is 2.16. The number of hydrogen-bond acceptors (Lipinski definition) is 5. The first-order chi connectivity index (χ1) is 9.04. The van der Waals surface area contributed by atoms with Gasteiger partial charge < -0.3 is 4.74 Å². The molecule has 1 aliphatic carbocycles. The van der Waals surface area contributed by atoms with Crippen LogP contribution in [0.5, 0.6) is 0 Å². The first kappa shape index (κ1) is 14.3. The van der Waals surface area contributed by atoms with Gasteiger partial charge in [-0.15, -0.1) is 11.3 Å². The molecule has 0 spiro atoms. The van der Waals surface area contributed by atoms with E-state index < -0.39 is 16.0 Å². The average Bonchev–Trinajstić information content (AvgIpc) is 2.86. The zero-order valence-corrected chi connectivity index (χ0v) is 12.4. The smallest absolute Gasteiger partial charge is 0.350 e. The van der Waals surface area contributed by atoms with Crippen LogP contribution >= 0.6 is 11.3 Å². The summed E-state index contributed by atoms with van der Waals surface area (Å²) < 4.78 is 31.7. The summed E-state index contributed by atoms with van der Waals surface area (Å²) in [7, 11) is -2.14. The van der Waals surface area contributed by atoms with Gasteiger partial charge in [-0.3, -0.25) is 4.72 Å². The number of nitrogens with one attached hydrogen (secondary N) is 1. The number of ether oxygens (including phenoxy) is 1. The van der Waals surface area contributed by atoms with Gasteiger partial charge in [0, 0.05) is 0 Å². The van der Waals surface area contributed by atoms with Crippen LogP contribution in [0.2, 0.25) is 0 Å². The highest BCUT2D eigenvalue weighted by molar-refractivity contribution is 7.93. The molecule has 0 bridgehead atoms. The zero-order chi connectivity index (χ0) is 13.9. The second-order valence-corrected chi connectivity index (χ2v) is 7.44. The van der Waals surface area contributed by atoms with Gasteiger partial charge in [0.2, 0.25) is 10.0 Å². The molecule has 0 aliphatic heterocycles. The third kappa shape index (κ3) is 3.27. The second kappa shape index (κ2) is 5.92. The molecule has 5 nitrogen and oxygen atoms in total. The summed E-state index contributed by atoms with van der Waals surface area (Å²) in [6.07, 6.45) is 4.36. The van der Waals surface area contributed by atoms with Gasteiger partial charge in [0.1, 0.15) is 4.88 Å². The lowest BCUT2D eigenvalue weighted by atomic mass is 10.0. The second-order valence-electron chi connectivity index (χ2n) is 4.56. The molecule has 1 aromatic heterocycles. The average molecular weight is 303 g/mol. The normalized spacial score (nSPS) is 17.1. The van der Waals surface area contributed by atoms with Gasteiger partial charge in [-0.2, -0.15) is 0 Å². The highest BCUT2D eigenvalue weighted by Crippen LogP contribution is 2.28. The fourth-order valence-corrected chi connectivity index (χ4v) is 4.68. The van der Waals surface area contributed by atoms with Crippen molar-refractivity contribution >= 4 is 33.0 Å². The van der Waals surface area contributed by atoms with E-state index in [4.69, 9.17) is 0 Å². The van der Waals surface area contributed by atoms with Crippen LogP contribution < -0.4 is 4.72 Å². The Morgan fingerprint density at radius 2 is 2.05 bits per heavy atom. The molecule has 0 unspecified atom stereocenters. The third-order valence-corrected chi connectivity index (χ3v) is 6.03. The standard InChI is InChI=1S/C12H17NO4S2/c1-17-12(14)11-10(7-8-18-11)13-19(15,16)9-5-3-2-4-6-9/h7-9,13H,2-6H2,1H3.